The van der Waals surface area contributed by atoms with E-state index in [1.165, 1.54) is 11.8 Å². The van der Waals surface area contributed by atoms with Crippen molar-refractivity contribution in [2.24, 2.45) is 0 Å². The van der Waals surface area contributed by atoms with Gasteiger partial charge in [-0.25, -0.2) is 9.97 Å². The Morgan fingerprint density at radius 1 is 1.42 bits per heavy atom. The second-order valence-corrected chi connectivity index (χ2v) is 6.90. The lowest BCUT2D eigenvalue weighted by molar-refractivity contribution is -0.137. The summed E-state index contributed by atoms with van der Waals surface area (Å²) in [6.07, 6.45) is -3.98. The highest BCUT2D eigenvalue weighted by atomic mass is 79.9. The minimum Gasteiger partial charge on any atom is -0.318 e. The SMILES string of the molecule is CCSc1ccc(Br)nc1C(=O)Nc1cc(C(F)(F)F)cnc1Cl. The molecule has 0 aliphatic carbocycles. The first-order valence-corrected chi connectivity index (χ1v) is 8.71. The van der Waals surface area contributed by atoms with Gasteiger partial charge in [0, 0.05) is 11.1 Å². The van der Waals surface area contributed by atoms with Crippen molar-refractivity contribution in [2.75, 3.05) is 11.1 Å². The molecular weight excluding hydrogens is 431 g/mol. The molecule has 2 aromatic rings. The number of alkyl halides is 3. The van der Waals surface area contributed by atoms with Gasteiger partial charge in [-0.05, 0) is 39.9 Å². The van der Waals surface area contributed by atoms with Crippen molar-refractivity contribution in [1.82, 2.24) is 9.97 Å². The zero-order chi connectivity index (χ0) is 17.9. The van der Waals surface area contributed by atoms with E-state index < -0.39 is 17.6 Å². The molecule has 0 unspecified atom stereocenters. The summed E-state index contributed by atoms with van der Waals surface area (Å²) in [7, 11) is 0. The summed E-state index contributed by atoms with van der Waals surface area (Å²) in [6.45, 7) is 1.90. The van der Waals surface area contributed by atoms with Crippen LogP contribution >= 0.6 is 39.3 Å². The molecular formula is C14H10BrClF3N3OS. The number of rotatable bonds is 4. The van der Waals surface area contributed by atoms with Crippen molar-refractivity contribution in [2.45, 2.75) is 18.0 Å². The smallest absolute Gasteiger partial charge is 0.318 e. The second kappa shape index (κ2) is 7.71. The van der Waals surface area contributed by atoms with Crippen molar-refractivity contribution < 1.29 is 18.0 Å². The molecule has 0 saturated carbocycles. The Hall–Kier alpha value is -1.32. The third-order valence-corrected chi connectivity index (χ3v) is 4.43. The highest BCUT2D eigenvalue weighted by molar-refractivity contribution is 9.10. The standard InChI is InChI=1S/C14H10BrClF3N3OS/c1-2-24-9-3-4-10(15)22-11(9)13(23)21-8-5-7(14(17,18)19)6-20-12(8)16/h3-6H,2H2,1H3,(H,21,23). The van der Waals surface area contributed by atoms with E-state index in [4.69, 9.17) is 11.6 Å². The molecule has 24 heavy (non-hydrogen) atoms. The van der Waals surface area contributed by atoms with Crippen molar-refractivity contribution in [3.63, 3.8) is 0 Å². The van der Waals surface area contributed by atoms with Crippen LogP contribution in [0, 0.1) is 0 Å². The van der Waals surface area contributed by atoms with Gasteiger partial charge in [0.25, 0.3) is 5.91 Å². The topological polar surface area (TPSA) is 54.9 Å². The van der Waals surface area contributed by atoms with E-state index in [2.05, 4.69) is 31.2 Å². The van der Waals surface area contributed by atoms with Crippen LogP contribution < -0.4 is 5.32 Å². The first-order valence-electron chi connectivity index (χ1n) is 6.55. The number of hydrogen-bond acceptors (Lipinski definition) is 4. The maximum absolute atomic E-state index is 12.8. The molecule has 2 heterocycles. The summed E-state index contributed by atoms with van der Waals surface area (Å²) in [5, 5.41) is 2.10. The molecule has 10 heteroatoms. The summed E-state index contributed by atoms with van der Waals surface area (Å²) in [5.74, 6) is 0.0328. The van der Waals surface area contributed by atoms with E-state index in [0.717, 1.165) is 6.07 Å². The van der Waals surface area contributed by atoms with Gasteiger partial charge in [0.05, 0.1) is 11.3 Å². The van der Waals surface area contributed by atoms with Crippen LogP contribution in [0.1, 0.15) is 23.0 Å². The first kappa shape index (κ1) is 19.0. The number of hydrogen-bond donors (Lipinski definition) is 1. The quantitative estimate of drug-likeness (QED) is 0.519. The van der Waals surface area contributed by atoms with Crippen molar-refractivity contribution in [1.29, 1.82) is 0 Å². The van der Waals surface area contributed by atoms with Crippen LogP contribution in [0.4, 0.5) is 18.9 Å². The van der Waals surface area contributed by atoms with Crippen molar-refractivity contribution in [3.05, 3.63) is 45.4 Å². The molecule has 0 atom stereocenters. The second-order valence-electron chi connectivity index (χ2n) is 4.43. The molecule has 0 bridgehead atoms. The average Bonchev–Trinajstić information content (AvgIpc) is 2.50. The van der Waals surface area contributed by atoms with E-state index >= 15 is 0 Å². The Morgan fingerprint density at radius 3 is 2.75 bits per heavy atom. The monoisotopic (exact) mass is 439 g/mol. The number of halogens is 5. The predicted molar refractivity (Wildman–Crippen MR) is 90.5 cm³/mol. The predicted octanol–water partition coefficient (Wildman–Crippen LogP) is 5.28. The van der Waals surface area contributed by atoms with Crippen LogP contribution in [-0.4, -0.2) is 21.6 Å². The molecule has 0 aliphatic heterocycles. The zero-order valence-corrected chi connectivity index (χ0v) is 15.3. The molecule has 0 radical (unpaired) electrons. The third-order valence-electron chi connectivity index (χ3n) is 2.75. The van der Waals surface area contributed by atoms with Crippen LogP contribution in [0.3, 0.4) is 0 Å². The van der Waals surface area contributed by atoms with Gasteiger partial charge in [0.1, 0.15) is 10.3 Å². The number of carbonyl (C=O) groups excluding carboxylic acids is 1. The fourth-order valence-electron chi connectivity index (χ4n) is 1.73. The van der Waals surface area contributed by atoms with Gasteiger partial charge in [-0.15, -0.1) is 11.8 Å². The number of thioether (sulfide) groups is 1. The summed E-state index contributed by atoms with van der Waals surface area (Å²) < 4.78 is 38.7. The van der Waals surface area contributed by atoms with Crippen LogP contribution in [-0.2, 0) is 6.18 Å². The first-order chi connectivity index (χ1) is 11.2. The molecule has 2 rings (SSSR count). The van der Waals surface area contributed by atoms with E-state index in [1.54, 1.807) is 12.1 Å². The third kappa shape index (κ3) is 4.61. The van der Waals surface area contributed by atoms with Crippen LogP contribution in [0.25, 0.3) is 0 Å². The van der Waals surface area contributed by atoms with Gasteiger partial charge in [0.15, 0.2) is 5.15 Å². The molecule has 128 valence electrons. The summed E-state index contributed by atoms with van der Waals surface area (Å²) in [4.78, 5) is 20.6. The van der Waals surface area contributed by atoms with E-state index in [0.29, 0.717) is 21.4 Å². The van der Waals surface area contributed by atoms with E-state index in [9.17, 15) is 18.0 Å². The maximum atomic E-state index is 12.8. The lowest BCUT2D eigenvalue weighted by atomic mass is 10.2. The number of carbonyl (C=O) groups is 1. The van der Waals surface area contributed by atoms with Gasteiger partial charge >= 0.3 is 6.18 Å². The minimum absolute atomic E-state index is 0.0877. The molecule has 0 saturated heterocycles. The zero-order valence-electron chi connectivity index (χ0n) is 12.1. The number of aromatic nitrogens is 2. The summed E-state index contributed by atoms with van der Waals surface area (Å²) in [5.41, 5.74) is -1.15. The fourth-order valence-corrected chi connectivity index (χ4v) is 2.94. The molecule has 0 aliphatic rings. The number of amides is 1. The molecule has 4 nitrogen and oxygen atoms in total. The van der Waals surface area contributed by atoms with Crippen LogP contribution in [0.15, 0.2) is 33.9 Å². The highest BCUT2D eigenvalue weighted by Crippen LogP contribution is 2.33. The van der Waals surface area contributed by atoms with Crippen LogP contribution in [0.2, 0.25) is 5.15 Å². The summed E-state index contributed by atoms with van der Waals surface area (Å²) >= 11 is 10.3. The fraction of sp³-hybridized carbons (Fsp3) is 0.214. The van der Waals surface area contributed by atoms with Crippen molar-refractivity contribution in [3.8, 4) is 0 Å². The molecule has 1 amide bonds. The number of nitrogens with zero attached hydrogens (tertiary/aromatic N) is 2. The molecule has 1 N–H and O–H groups in total. The number of anilines is 1. The van der Waals surface area contributed by atoms with Gasteiger partial charge in [0.2, 0.25) is 0 Å². The summed E-state index contributed by atoms with van der Waals surface area (Å²) in [6, 6.07) is 4.11. The van der Waals surface area contributed by atoms with Gasteiger partial charge in [-0.2, -0.15) is 13.2 Å². The maximum Gasteiger partial charge on any atom is 0.417 e. The lowest BCUT2D eigenvalue weighted by Gasteiger charge is -2.12. The highest BCUT2D eigenvalue weighted by Gasteiger charge is 2.32. The number of nitrogens with one attached hydrogen (secondary N) is 1. The lowest BCUT2D eigenvalue weighted by Crippen LogP contribution is -2.16. The largest absolute Gasteiger partial charge is 0.417 e. The Morgan fingerprint density at radius 2 is 2.12 bits per heavy atom. The normalized spacial score (nSPS) is 11.4. The Labute approximate surface area is 153 Å². The average molecular weight is 441 g/mol. The Kier molecular flexibility index (Phi) is 6.11. The molecule has 2 aromatic heterocycles. The molecule has 0 fully saturated rings. The van der Waals surface area contributed by atoms with E-state index in [1.807, 2.05) is 6.92 Å². The minimum atomic E-state index is -4.59. The van der Waals surface area contributed by atoms with Crippen molar-refractivity contribution >= 4 is 50.9 Å². The molecule has 0 aromatic carbocycles. The number of pyridine rings is 2. The van der Waals surface area contributed by atoms with Crippen LogP contribution in [0.5, 0.6) is 0 Å². The van der Waals surface area contributed by atoms with Gasteiger partial charge in [-0.3, -0.25) is 4.79 Å². The van der Waals surface area contributed by atoms with E-state index in [-0.39, 0.29) is 16.5 Å². The van der Waals surface area contributed by atoms with Gasteiger partial charge < -0.3 is 5.32 Å². The Bertz CT molecular complexity index is 773. The molecule has 0 spiro atoms. The van der Waals surface area contributed by atoms with Gasteiger partial charge in [-0.1, -0.05) is 18.5 Å². The Balaban J connectivity index is 2.35.